The van der Waals surface area contributed by atoms with Gasteiger partial charge in [0.1, 0.15) is 0 Å². The second-order valence-corrected chi connectivity index (χ2v) is 5.20. The van der Waals surface area contributed by atoms with Gasteiger partial charge in [-0.25, -0.2) is 4.79 Å². The average Bonchev–Trinajstić information content (AvgIpc) is 2.68. The quantitative estimate of drug-likeness (QED) is 0.900. The molecule has 1 aromatic heterocycles. The van der Waals surface area contributed by atoms with Gasteiger partial charge in [-0.3, -0.25) is 4.79 Å². The fourth-order valence-corrected chi connectivity index (χ4v) is 2.53. The van der Waals surface area contributed by atoms with E-state index in [0.717, 1.165) is 29.8 Å². The van der Waals surface area contributed by atoms with Gasteiger partial charge in [-0.2, -0.15) is 0 Å². The molecule has 1 aliphatic carbocycles. The molecule has 0 aromatic carbocycles. The summed E-state index contributed by atoms with van der Waals surface area (Å²) < 4.78 is 2.16. The van der Waals surface area contributed by atoms with Crippen molar-refractivity contribution >= 4 is 11.8 Å². The maximum absolute atomic E-state index is 11.8. The van der Waals surface area contributed by atoms with Gasteiger partial charge in [-0.15, -0.1) is 0 Å². The van der Waals surface area contributed by atoms with E-state index in [-0.39, 0.29) is 11.8 Å². The summed E-state index contributed by atoms with van der Waals surface area (Å²) in [5.74, 6) is 0.250. The minimum Gasteiger partial charge on any atom is -0.346 e. The number of amides is 2. The van der Waals surface area contributed by atoms with Crippen LogP contribution in [0.2, 0.25) is 0 Å². The smallest absolute Gasteiger partial charge is 0.316 e. The third-order valence-electron chi connectivity index (χ3n) is 3.55. The lowest BCUT2D eigenvalue weighted by Gasteiger charge is -2.17. The number of rotatable bonds is 3. The largest absolute Gasteiger partial charge is 0.346 e. The molecule has 2 amide bonds. The zero-order valence-electron chi connectivity index (χ0n) is 11.8. The number of fused-ring (bicyclic) bond motifs is 1. The molecule has 5 heteroatoms. The Hall–Kier alpha value is -1.78. The van der Waals surface area contributed by atoms with Crippen LogP contribution in [0.5, 0.6) is 0 Å². The Bertz CT molecular complexity index is 503. The second kappa shape index (κ2) is 5.47. The number of nitrogens with one attached hydrogen (secondary N) is 1. The van der Waals surface area contributed by atoms with Crippen LogP contribution in [0.15, 0.2) is 6.07 Å². The molecule has 19 heavy (non-hydrogen) atoms. The molecule has 0 saturated heterocycles. The number of urea groups is 1. The van der Waals surface area contributed by atoms with Crippen LogP contribution in [0, 0.1) is 6.92 Å². The molecule has 0 saturated carbocycles. The summed E-state index contributed by atoms with van der Waals surface area (Å²) in [6, 6.07) is 1.89. The van der Waals surface area contributed by atoms with Crippen molar-refractivity contribution in [3.05, 3.63) is 23.0 Å². The predicted molar refractivity (Wildman–Crippen MR) is 73.5 cm³/mol. The van der Waals surface area contributed by atoms with Crippen LogP contribution >= 0.6 is 0 Å². The van der Waals surface area contributed by atoms with Crippen LogP contribution in [-0.4, -0.2) is 41.9 Å². The van der Waals surface area contributed by atoms with E-state index in [1.54, 1.807) is 14.1 Å². The molecule has 0 spiro atoms. The highest BCUT2D eigenvalue weighted by Gasteiger charge is 2.22. The number of ketones is 1. The Morgan fingerprint density at radius 3 is 2.84 bits per heavy atom. The molecule has 0 bridgehead atoms. The van der Waals surface area contributed by atoms with E-state index in [0.29, 0.717) is 19.5 Å². The summed E-state index contributed by atoms with van der Waals surface area (Å²) in [7, 11) is 3.44. The van der Waals surface area contributed by atoms with Crippen molar-refractivity contribution in [1.29, 1.82) is 0 Å². The molecule has 104 valence electrons. The zero-order valence-corrected chi connectivity index (χ0v) is 11.8. The maximum Gasteiger partial charge on any atom is 0.316 e. The SMILES string of the molecule is Cc1cc2c(n1CCNC(=O)N(C)C)CCCC2=O. The van der Waals surface area contributed by atoms with Crippen LogP contribution in [0.1, 0.15) is 34.6 Å². The lowest BCUT2D eigenvalue weighted by atomic mass is 9.97. The molecule has 1 aromatic rings. The fourth-order valence-electron chi connectivity index (χ4n) is 2.53. The molecular formula is C14H21N3O2. The Kier molecular flexibility index (Phi) is 3.93. The standard InChI is InChI=1S/C14H21N3O2/c1-10-9-11-12(5-4-6-13(11)18)17(10)8-7-15-14(19)16(2)3/h9H,4-8H2,1-3H3,(H,15,19). The van der Waals surface area contributed by atoms with Crippen molar-refractivity contribution < 1.29 is 9.59 Å². The maximum atomic E-state index is 11.8. The molecule has 1 heterocycles. The number of nitrogens with zero attached hydrogens (tertiary/aromatic N) is 2. The van der Waals surface area contributed by atoms with E-state index in [2.05, 4.69) is 9.88 Å². The van der Waals surface area contributed by atoms with Crippen molar-refractivity contribution in [3.8, 4) is 0 Å². The van der Waals surface area contributed by atoms with Crippen molar-refractivity contribution in [3.63, 3.8) is 0 Å². The first-order valence-electron chi connectivity index (χ1n) is 6.68. The third kappa shape index (κ3) is 2.80. The molecule has 0 atom stereocenters. The monoisotopic (exact) mass is 263 g/mol. The molecule has 0 unspecified atom stereocenters. The van der Waals surface area contributed by atoms with E-state index in [4.69, 9.17) is 0 Å². The highest BCUT2D eigenvalue weighted by molar-refractivity contribution is 5.98. The van der Waals surface area contributed by atoms with Crippen LogP contribution < -0.4 is 5.32 Å². The highest BCUT2D eigenvalue weighted by Crippen LogP contribution is 2.24. The number of hydrogen-bond acceptors (Lipinski definition) is 2. The van der Waals surface area contributed by atoms with Gasteiger partial charge >= 0.3 is 6.03 Å². The van der Waals surface area contributed by atoms with Crippen molar-refractivity contribution in [2.75, 3.05) is 20.6 Å². The van der Waals surface area contributed by atoms with Crippen LogP contribution in [-0.2, 0) is 13.0 Å². The van der Waals surface area contributed by atoms with Crippen molar-refractivity contribution in [1.82, 2.24) is 14.8 Å². The van der Waals surface area contributed by atoms with Crippen LogP contribution in [0.4, 0.5) is 4.79 Å². The zero-order chi connectivity index (χ0) is 14.0. The number of carbonyl (C=O) groups excluding carboxylic acids is 2. The van der Waals surface area contributed by atoms with Gasteiger partial charge in [0.05, 0.1) is 0 Å². The van der Waals surface area contributed by atoms with Gasteiger partial charge in [0.15, 0.2) is 5.78 Å². The van der Waals surface area contributed by atoms with E-state index in [1.165, 1.54) is 4.90 Å². The molecule has 1 aliphatic rings. The van der Waals surface area contributed by atoms with Gasteiger partial charge in [0, 0.05) is 50.6 Å². The predicted octanol–water partition coefficient (Wildman–Crippen LogP) is 1.59. The fraction of sp³-hybridized carbons (Fsp3) is 0.571. The molecule has 2 rings (SSSR count). The molecule has 1 N–H and O–H groups in total. The number of Topliss-reactive ketones (excluding diaryl/α,β-unsaturated/α-hetero) is 1. The molecule has 0 radical (unpaired) electrons. The molecular weight excluding hydrogens is 242 g/mol. The first-order chi connectivity index (χ1) is 9.00. The van der Waals surface area contributed by atoms with E-state index < -0.39 is 0 Å². The lowest BCUT2D eigenvalue weighted by Crippen LogP contribution is -2.36. The van der Waals surface area contributed by atoms with Gasteiger partial charge in [-0.1, -0.05) is 0 Å². The number of carbonyl (C=O) groups is 2. The van der Waals surface area contributed by atoms with Crippen LogP contribution in [0.25, 0.3) is 0 Å². The number of aryl methyl sites for hydroxylation is 1. The highest BCUT2D eigenvalue weighted by atomic mass is 16.2. The first-order valence-corrected chi connectivity index (χ1v) is 6.68. The van der Waals surface area contributed by atoms with Gasteiger partial charge in [0.2, 0.25) is 0 Å². The second-order valence-electron chi connectivity index (χ2n) is 5.20. The van der Waals surface area contributed by atoms with E-state index >= 15 is 0 Å². The Balaban J connectivity index is 2.05. The summed E-state index contributed by atoms with van der Waals surface area (Å²) in [4.78, 5) is 24.8. The van der Waals surface area contributed by atoms with E-state index in [9.17, 15) is 9.59 Å². The van der Waals surface area contributed by atoms with Gasteiger partial charge < -0.3 is 14.8 Å². The third-order valence-corrected chi connectivity index (χ3v) is 3.55. The van der Waals surface area contributed by atoms with Gasteiger partial charge in [-0.05, 0) is 25.8 Å². The van der Waals surface area contributed by atoms with Crippen molar-refractivity contribution in [2.24, 2.45) is 0 Å². The Labute approximate surface area is 113 Å². The molecule has 0 aliphatic heterocycles. The van der Waals surface area contributed by atoms with Crippen LogP contribution in [0.3, 0.4) is 0 Å². The average molecular weight is 263 g/mol. The lowest BCUT2D eigenvalue weighted by molar-refractivity contribution is 0.0971. The summed E-state index contributed by atoms with van der Waals surface area (Å²) in [5, 5.41) is 2.85. The normalized spacial score (nSPS) is 14.2. The molecule has 0 fully saturated rings. The summed E-state index contributed by atoms with van der Waals surface area (Å²) in [6.07, 6.45) is 2.55. The number of aromatic nitrogens is 1. The Morgan fingerprint density at radius 2 is 2.16 bits per heavy atom. The summed E-state index contributed by atoms with van der Waals surface area (Å²) in [5.41, 5.74) is 3.11. The van der Waals surface area contributed by atoms with Gasteiger partial charge in [0.25, 0.3) is 0 Å². The summed E-state index contributed by atoms with van der Waals surface area (Å²) >= 11 is 0. The van der Waals surface area contributed by atoms with Crippen molar-refractivity contribution in [2.45, 2.75) is 32.7 Å². The molecule has 5 nitrogen and oxygen atoms in total. The minimum absolute atomic E-state index is 0.0882. The Morgan fingerprint density at radius 1 is 1.42 bits per heavy atom. The minimum atomic E-state index is -0.0882. The summed E-state index contributed by atoms with van der Waals surface area (Å²) in [6.45, 7) is 3.31. The topological polar surface area (TPSA) is 54.3 Å². The number of hydrogen-bond donors (Lipinski definition) is 1. The first kappa shape index (κ1) is 13.6. The van der Waals surface area contributed by atoms with E-state index in [1.807, 2.05) is 13.0 Å².